The van der Waals surface area contributed by atoms with Crippen molar-refractivity contribution in [1.82, 2.24) is 5.32 Å². The fourth-order valence-corrected chi connectivity index (χ4v) is 2.66. The second-order valence-electron chi connectivity index (χ2n) is 5.42. The summed E-state index contributed by atoms with van der Waals surface area (Å²) in [7, 11) is 0. The summed E-state index contributed by atoms with van der Waals surface area (Å²) in [6.45, 7) is 1.93. The van der Waals surface area contributed by atoms with E-state index in [1.807, 2.05) is 19.1 Å². The fourth-order valence-electron chi connectivity index (χ4n) is 2.54. The molecule has 0 aromatic heterocycles. The number of nitrogens with one attached hydrogen (secondary N) is 1. The van der Waals surface area contributed by atoms with E-state index in [1.54, 1.807) is 36.4 Å². The largest absolute Gasteiger partial charge is 0.507 e. The van der Waals surface area contributed by atoms with Gasteiger partial charge in [-0.05, 0) is 24.6 Å². The van der Waals surface area contributed by atoms with Crippen LogP contribution in [0.15, 0.2) is 54.1 Å². The Labute approximate surface area is 138 Å². The molecule has 0 unspecified atom stereocenters. The number of Topliss-reactive ketones (excluding diaryl/α,β-unsaturated/α-hetero) is 1. The van der Waals surface area contributed by atoms with Crippen molar-refractivity contribution in [3.8, 4) is 0 Å². The van der Waals surface area contributed by atoms with E-state index < -0.39 is 17.7 Å². The Morgan fingerprint density at radius 1 is 1.04 bits per heavy atom. The quantitative estimate of drug-likeness (QED) is 0.505. The Morgan fingerprint density at radius 3 is 2.26 bits per heavy atom. The number of aliphatic hydroxyl groups excluding tert-OH is 1. The molecule has 23 heavy (non-hydrogen) atoms. The molecule has 2 aromatic rings. The van der Waals surface area contributed by atoms with Crippen molar-refractivity contribution < 1.29 is 14.7 Å². The number of hydrogen-bond acceptors (Lipinski definition) is 3. The van der Waals surface area contributed by atoms with Gasteiger partial charge in [0.25, 0.3) is 11.7 Å². The molecule has 1 heterocycles. The normalized spacial score (nSPS) is 19.7. The topological polar surface area (TPSA) is 66.4 Å². The highest BCUT2D eigenvalue weighted by molar-refractivity contribution is 6.46. The molecule has 0 saturated carbocycles. The van der Waals surface area contributed by atoms with Gasteiger partial charge in [0.05, 0.1) is 11.6 Å². The number of halogens is 1. The third-order valence-electron chi connectivity index (χ3n) is 3.80. The van der Waals surface area contributed by atoms with Crippen LogP contribution in [0.3, 0.4) is 0 Å². The predicted octanol–water partition coefficient (Wildman–Crippen LogP) is 3.36. The van der Waals surface area contributed by atoms with Crippen LogP contribution >= 0.6 is 11.6 Å². The number of carbonyl (C=O) groups is 2. The van der Waals surface area contributed by atoms with Crippen LogP contribution in [-0.4, -0.2) is 16.8 Å². The van der Waals surface area contributed by atoms with Crippen molar-refractivity contribution in [1.29, 1.82) is 0 Å². The molecule has 1 fully saturated rings. The Kier molecular flexibility index (Phi) is 3.92. The minimum absolute atomic E-state index is 0.0566. The van der Waals surface area contributed by atoms with Gasteiger partial charge in [-0.2, -0.15) is 0 Å². The molecule has 0 spiro atoms. The zero-order chi connectivity index (χ0) is 16.6. The lowest BCUT2D eigenvalue weighted by atomic mass is 9.95. The number of carbonyl (C=O) groups excluding carboxylic acids is 2. The molecule has 1 amide bonds. The molecule has 1 aliphatic heterocycles. The number of ketones is 1. The van der Waals surface area contributed by atoms with Gasteiger partial charge in [-0.25, -0.2) is 0 Å². The summed E-state index contributed by atoms with van der Waals surface area (Å²) in [5.74, 6) is -1.63. The summed E-state index contributed by atoms with van der Waals surface area (Å²) in [6, 6.07) is 13.2. The van der Waals surface area contributed by atoms with Gasteiger partial charge in [0.2, 0.25) is 0 Å². The van der Waals surface area contributed by atoms with Crippen molar-refractivity contribution in [3.05, 3.63) is 75.8 Å². The van der Waals surface area contributed by atoms with Gasteiger partial charge in [-0.15, -0.1) is 0 Å². The van der Waals surface area contributed by atoms with Gasteiger partial charge in [-0.1, -0.05) is 53.6 Å². The number of aliphatic hydroxyl groups is 1. The van der Waals surface area contributed by atoms with Crippen LogP contribution in [0.25, 0.3) is 5.76 Å². The zero-order valence-electron chi connectivity index (χ0n) is 12.3. The number of amides is 1. The third kappa shape index (κ3) is 2.85. The number of aryl methyl sites for hydroxylation is 1. The van der Waals surface area contributed by atoms with Crippen molar-refractivity contribution in [2.45, 2.75) is 13.0 Å². The first-order valence-electron chi connectivity index (χ1n) is 7.08. The second-order valence-corrected chi connectivity index (χ2v) is 5.85. The maximum atomic E-state index is 12.2. The lowest BCUT2D eigenvalue weighted by Crippen LogP contribution is -2.21. The summed E-state index contributed by atoms with van der Waals surface area (Å²) in [5, 5.41) is 13.7. The number of rotatable bonds is 2. The summed E-state index contributed by atoms with van der Waals surface area (Å²) >= 11 is 5.87. The molecule has 0 bridgehead atoms. The molecule has 1 aliphatic rings. The first-order valence-corrected chi connectivity index (χ1v) is 7.46. The molecule has 0 aliphatic carbocycles. The van der Waals surface area contributed by atoms with Crippen LogP contribution < -0.4 is 5.32 Å². The Balaban J connectivity index is 2.10. The van der Waals surface area contributed by atoms with Crippen LogP contribution in [0.1, 0.15) is 22.7 Å². The Morgan fingerprint density at radius 2 is 1.65 bits per heavy atom. The molecule has 3 rings (SSSR count). The van der Waals surface area contributed by atoms with Crippen LogP contribution in [-0.2, 0) is 9.59 Å². The van der Waals surface area contributed by atoms with E-state index in [2.05, 4.69) is 5.32 Å². The van der Waals surface area contributed by atoms with Crippen LogP contribution in [0.5, 0.6) is 0 Å². The lowest BCUT2D eigenvalue weighted by Gasteiger charge is -2.14. The molecule has 116 valence electrons. The second kappa shape index (κ2) is 5.89. The molecular formula is C18H14ClNO3. The van der Waals surface area contributed by atoms with Crippen molar-refractivity contribution in [2.75, 3.05) is 0 Å². The zero-order valence-corrected chi connectivity index (χ0v) is 13.1. The Bertz CT molecular complexity index is 807. The number of hydrogen-bond donors (Lipinski definition) is 2. The molecular weight excluding hydrogens is 314 g/mol. The predicted molar refractivity (Wildman–Crippen MR) is 88.1 cm³/mol. The van der Waals surface area contributed by atoms with Gasteiger partial charge >= 0.3 is 0 Å². The fraction of sp³-hybridized carbons (Fsp3) is 0.111. The van der Waals surface area contributed by atoms with Gasteiger partial charge in [-0.3, -0.25) is 9.59 Å². The average Bonchev–Trinajstić information content (AvgIpc) is 2.84. The van der Waals surface area contributed by atoms with Crippen LogP contribution in [0, 0.1) is 6.92 Å². The highest BCUT2D eigenvalue weighted by Gasteiger charge is 2.39. The molecule has 1 saturated heterocycles. The highest BCUT2D eigenvalue weighted by atomic mass is 35.5. The van der Waals surface area contributed by atoms with Crippen molar-refractivity contribution >= 4 is 29.1 Å². The van der Waals surface area contributed by atoms with E-state index in [9.17, 15) is 14.7 Å². The minimum atomic E-state index is -0.724. The van der Waals surface area contributed by atoms with Gasteiger partial charge in [0.15, 0.2) is 0 Å². The van der Waals surface area contributed by atoms with E-state index in [4.69, 9.17) is 11.6 Å². The van der Waals surface area contributed by atoms with E-state index in [-0.39, 0.29) is 11.3 Å². The maximum absolute atomic E-state index is 12.2. The summed E-state index contributed by atoms with van der Waals surface area (Å²) in [4.78, 5) is 24.0. The van der Waals surface area contributed by atoms with E-state index in [0.29, 0.717) is 16.1 Å². The summed E-state index contributed by atoms with van der Waals surface area (Å²) in [5.41, 5.74) is 2.27. The Hall–Kier alpha value is -2.59. The average molecular weight is 328 g/mol. The molecule has 0 radical (unpaired) electrons. The SMILES string of the molecule is Cc1ccc(C(O)=C2C(=O)C(=O)N[C@@H]2c2ccc(Cl)cc2)cc1. The van der Waals surface area contributed by atoms with Crippen molar-refractivity contribution in [3.63, 3.8) is 0 Å². The van der Waals surface area contributed by atoms with Crippen LogP contribution in [0.2, 0.25) is 5.02 Å². The minimum Gasteiger partial charge on any atom is -0.507 e. The molecule has 5 heteroatoms. The third-order valence-corrected chi connectivity index (χ3v) is 4.05. The first-order chi connectivity index (χ1) is 11.0. The van der Waals surface area contributed by atoms with Gasteiger partial charge in [0, 0.05) is 10.6 Å². The summed E-state index contributed by atoms with van der Waals surface area (Å²) in [6.07, 6.45) is 0. The van der Waals surface area contributed by atoms with Crippen molar-refractivity contribution in [2.24, 2.45) is 0 Å². The van der Waals surface area contributed by atoms with E-state index in [0.717, 1.165) is 5.56 Å². The van der Waals surface area contributed by atoms with Crippen LogP contribution in [0.4, 0.5) is 0 Å². The van der Waals surface area contributed by atoms with Gasteiger partial charge in [0.1, 0.15) is 5.76 Å². The van der Waals surface area contributed by atoms with E-state index >= 15 is 0 Å². The smallest absolute Gasteiger partial charge is 0.293 e. The molecule has 2 aromatic carbocycles. The monoisotopic (exact) mass is 327 g/mol. The lowest BCUT2D eigenvalue weighted by molar-refractivity contribution is -0.133. The van der Waals surface area contributed by atoms with Gasteiger partial charge < -0.3 is 10.4 Å². The molecule has 2 N–H and O–H groups in total. The summed E-state index contributed by atoms with van der Waals surface area (Å²) < 4.78 is 0. The standard InChI is InChI=1S/C18H14ClNO3/c1-10-2-4-12(5-3-10)16(21)14-15(20-18(23)17(14)22)11-6-8-13(19)9-7-11/h2-9,15,21H,1H3,(H,20,23)/t15-/m1/s1. The van der Waals surface area contributed by atoms with E-state index in [1.165, 1.54) is 0 Å². The molecule has 1 atom stereocenters. The first kappa shape index (κ1) is 15.3. The number of benzene rings is 2. The maximum Gasteiger partial charge on any atom is 0.293 e. The molecule has 4 nitrogen and oxygen atoms in total. The highest BCUT2D eigenvalue weighted by Crippen LogP contribution is 2.33.